The highest BCUT2D eigenvalue weighted by Gasteiger charge is 2.19. The predicted octanol–water partition coefficient (Wildman–Crippen LogP) is 2.82. The van der Waals surface area contributed by atoms with Gasteiger partial charge in [0.15, 0.2) is 0 Å². The first-order valence-corrected chi connectivity index (χ1v) is 6.64. The van der Waals surface area contributed by atoms with Crippen LogP contribution in [0.3, 0.4) is 0 Å². The first-order valence-electron chi connectivity index (χ1n) is 6.64. The lowest BCUT2D eigenvalue weighted by Gasteiger charge is -2.12. The Morgan fingerprint density at radius 1 is 1.05 bits per heavy atom. The molecule has 19 heavy (non-hydrogen) atoms. The van der Waals surface area contributed by atoms with Crippen LogP contribution >= 0.6 is 0 Å². The highest BCUT2D eigenvalue weighted by molar-refractivity contribution is 5.34. The maximum atomic E-state index is 8.89. The van der Waals surface area contributed by atoms with E-state index in [1.54, 1.807) is 0 Å². The van der Waals surface area contributed by atoms with Gasteiger partial charge in [0, 0.05) is 12.6 Å². The molecule has 2 aromatic carbocycles. The largest absolute Gasteiger partial charge is 0.309 e. The molecule has 1 aliphatic rings. The van der Waals surface area contributed by atoms with E-state index in [2.05, 4.69) is 41.7 Å². The summed E-state index contributed by atoms with van der Waals surface area (Å²) >= 11 is 0. The van der Waals surface area contributed by atoms with Gasteiger partial charge in [0.25, 0.3) is 0 Å². The molecule has 0 aromatic heterocycles. The number of hydrogen-bond donors (Lipinski definition) is 1. The van der Waals surface area contributed by atoms with E-state index in [9.17, 15) is 0 Å². The van der Waals surface area contributed by atoms with E-state index in [0.717, 1.165) is 24.9 Å². The first kappa shape index (κ1) is 12.0. The third-order valence-electron chi connectivity index (χ3n) is 3.70. The highest BCUT2D eigenvalue weighted by Crippen LogP contribution is 2.21. The summed E-state index contributed by atoms with van der Waals surface area (Å²) in [7, 11) is 0. The summed E-state index contributed by atoms with van der Waals surface area (Å²) in [5, 5.41) is 12.5. The molecule has 2 heteroatoms. The fraction of sp³-hybridized carbons (Fsp3) is 0.235. The third kappa shape index (κ3) is 2.67. The minimum Gasteiger partial charge on any atom is -0.309 e. The standard InChI is InChI=1S/C17H16N2/c18-11-13-4-3-5-14(8-13)12-19-17-9-15-6-1-2-7-16(15)10-17/h1-8,17,19H,9-10,12H2. The highest BCUT2D eigenvalue weighted by atomic mass is 14.9. The average molecular weight is 248 g/mol. The van der Waals surface area contributed by atoms with E-state index in [1.807, 2.05) is 18.2 Å². The fourth-order valence-electron chi connectivity index (χ4n) is 2.72. The van der Waals surface area contributed by atoms with Gasteiger partial charge in [0.2, 0.25) is 0 Å². The van der Waals surface area contributed by atoms with Crippen molar-refractivity contribution in [3.8, 4) is 6.07 Å². The van der Waals surface area contributed by atoms with Crippen molar-refractivity contribution in [1.82, 2.24) is 5.32 Å². The zero-order valence-electron chi connectivity index (χ0n) is 10.8. The van der Waals surface area contributed by atoms with Gasteiger partial charge < -0.3 is 5.32 Å². The third-order valence-corrected chi connectivity index (χ3v) is 3.70. The molecule has 1 N–H and O–H groups in total. The van der Waals surface area contributed by atoms with Crippen molar-refractivity contribution in [2.45, 2.75) is 25.4 Å². The van der Waals surface area contributed by atoms with Gasteiger partial charge in [0.1, 0.15) is 0 Å². The van der Waals surface area contributed by atoms with E-state index in [-0.39, 0.29) is 0 Å². The second kappa shape index (κ2) is 5.26. The van der Waals surface area contributed by atoms with Gasteiger partial charge in [-0.2, -0.15) is 5.26 Å². The Hall–Kier alpha value is -2.11. The van der Waals surface area contributed by atoms with Crippen molar-refractivity contribution in [3.05, 3.63) is 70.8 Å². The summed E-state index contributed by atoms with van der Waals surface area (Å²) in [4.78, 5) is 0. The molecule has 3 rings (SSSR count). The normalized spacial score (nSPS) is 14.1. The Bertz CT molecular complexity index is 600. The first-order chi connectivity index (χ1) is 9.35. The zero-order valence-corrected chi connectivity index (χ0v) is 10.8. The molecular formula is C17H16N2. The number of fused-ring (bicyclic) bond motifs is 1. The second-order valence-corrected chi connectivity index (χ2v) is 5.07. The molecule has 0 bridgehead atoms. The van der Waals surface area contributed by atoms with E-state index in [1.165, 1.54) is 16.7 Å². The van der Waals surface area contributed by atoms with E-state index in [4.69, 9.17) is 5.26 Å². The molecular weight excluding hydrogens is 232 g/mol. The molecule has 2 nitrogen and oxygen atoms in total. The summed E-state index contributed by atoms with van der Waals surface area (Å²) in [6, 6.07) is 19.2. The maximum absolute atomic E-state index is 8.89. The van der Waals surface area contributed by atoms with Crippen molar-refractivity contribution in [1.29, 1.82) is 5.26 Å². The predicted molar refractivity (Wildman–Crippen MR) is 75.6 cm³/mol. The zero-order chi connectivity index (χ0) is 13.1. The van der Waals surface area contributed by atoms with Crippen molar-refractivity contribution >= 4 is 0 Å². The lowest BCUT2D eigenvalue weighted by molar-refractivity contribution is 0.533. The molecule has 0 radical (unpaired) electrons. The Labute approximate surface area is 113 Å². The van der Waals surface area contributed by atoms with Gasteiger partial charge >= 0.3 is 0 Å². The number of benzene rings is 2. The smallest absolute Gasteiger partial charge is 0.0991 e. The van der Waals surface area contributed by atoms with Crippen molar-refractivity contribution < 1.29 is 0 Å². The molecule has 1 aliphatic carbocycles. The van der Waals surface area contributed by atoms with Crippen molar-refractivity contribution in [2.24, 2.45) is 0 Å². The maximum Gasteiger partial charge on any atom is 0.0991 e. The van der Waals surface area contributed by atoms with Crippen LogP contribution in [0, 0.1) is 11.3 Å². The monoisotopic (exact) mass is 248 g/mol. The molecule has 0 amide bonds. The number of nitrogens with zero attached hydrogens (tertiary/aromatic N) is 1. The fourth-order valence-corrected chi connectivity index (χ4v) is 2.72. The number of nitrogens with one attached hydrogen (secondary N) is 1. The van der Waals surface area contributed by atoms with Gasteiger partial charge in [-0.1, -0.05) is 36.4 Å². The quantitative estimate of drug-likeness (QED) is 0.906. The molecule has 0 aliphatic heterocycles. The Balaban J connectivity index is 1.61. The second-order valence-electron chi connectivity index (χ2n) is 5.07. The van der Waals surface area contributed by atoms with Crippen molar-refractivity contribution in [3.63, 3.8) is 0 Å². The van der Waals surface area contributed by atoms with Crippen LogP contribution in [0.2, 0.25) is 0 Å². The van der Waals surface area contributed by atoms with E-state index in [0.29, 0.717) is 6.04 Å². The van der Waals surface area contributed by atoms with Crippen LogP contribution in [0.1, 0.15) is 22.3 Å². The summed E-state index contributed by atoms with van der Waals surface area (Å²) in [5.41, 5.74) is 4.83. The minimum absolute atomic E-state index is 0.517. The van der Waals surface area contributed by atoms with Crippen LogP contribution in [0.4, 0.5) is 0 Å². The summed E-state index contributed by atoms with van der Waals surface area (Å²) < 4.78 is 0. The number of hydrogen-bond acceptors (Lipinski definition) is 2. The van der Waals surface area contributed by atoms with Crippen LogP contribution < -0.4 is 5.32 Å². The summed E-state index contributed by atoms with van der Waals surface area (Å²) in [6.45, 7) is 0.828. The molecule has 2 aromatic rings. The van der Waals surface area contributed by atoms with Crippen LogP contribution in [0.15, 0.2) is 48.5 Å². The summed E-state index contributed by atoms with van der Waals surface area (Å²) in [5.74, 6) is 0. The lowest BCUT2D eigenvalue weighted by atomic mass is 10.1. The molecule has 0 spiro atoms. The van der Waals surface area contributed by atoms with Gasteiger partial charge in [-0.15, -0.1) is 0 Å². The molecule has 0 unspecified atom stereocenters. The van der Waals surface area contributed by atoms with Crippen LogP contribution in [-0.4, -0.2) is 6.04 Å². The van der Waals surface area contributed by atoms with E-state index >= 15 is 0 Å². The SMILES string of the molecule is N#Cc1cccc(CNC2Cc3ccccc3C2)c1. The van der Waals surface area contributed by atoms with Gasteiger partial charge in [-0.05, 0) is 41.7 Å². The van der Waals surface area contributed by atoms with E-state index < -0.39 is 0 Å². The van der Waals surface area contributed by atoms with Crippen molar-refractivity contribution in [2.75, 3.05) is 0 Å². The topological polar surface area (TPSA) is 35.8 Å². The Morgan fingerprint density at radius 2 is 1.79 bits per heavy atom. The molecule has 0 heterocycles. The van der Waals surface area contributed by atoms with Gasteiger partial charge in [-0.25, -0.2) is 0 Å². The molecule has 0 fully saturated rings. The molecule has 94 valence electrons. The molecule has 0 atom stereocenters. The Morgan fingerprint density at radius 3 is 2.47 bits per heavy atom. The lowest BCUT2D eigenvalue weighted by Crippen LogP contribution is -2.28. The Kier molecular flexibility index (Phi) is 3.31. The molecule has 0 saturated carbocycles. The van der Waals surface area contributed by atoms with Crippen LogP contribution in [0.5, 0.6) is 0 Å². The van der Waals surface area contributed by atoms with Crippen LogP contribution in [0.25, 0.3) is 0 Å². The van der Waals surface area contributed by atoms with Crippen LogP contribution in [-0.2, 0) is 19.4 Å². The van der Waals surface area contributed by atoms with Gasteiger partial charge in [-0.3, -0.25) is 0 Å². The molecule has 0 saturated heterocycles. The number of nitriles is 1. The minimum atomic E-state index is 0.517. The van der Waals surface area contributed by atoms with Gasteiger partial charge in [0.05, 0.1) is 11.6 Å². The summed E-state index contributed by atoms with van der Waals surface area (Å²) in [6.07, 6.45) is 2.21. The number of rotatable bonds is 3. The average Bonchev–Trinajstić information content (AvgIpc) is 2.88.